The number of rotatable bonds is 8. The topological polar surface area (TPSA) is 42.7 Å². The van der Waals surface area contributed by atoms with E-state index in [0.29, 0.717) is 12.1 Å². The van der Waals surface area contributed by atoms with E-state index in [1.165, 1.54) is 0 Å². The fourth-order valence-electron chi connectivity index (χ4n) is 2.46. The summed E-state index contributed by atoms with van der Waals surface area (Å²) in [6, 6.07) is 9.11. The Balaban J connectivity index is 1.91. The smallest absolute Gasteiger partial charge is 0.0640 e. The van der Waals surface area contributed by atoms with Crippen molar-refractivity contribution >= 4 is 0 Å². The number of hydrogen-bond acceptors (Lipinski definition) is 3. The van der Waals surface area contributed by atoms with Gasteiger partial charge < -0.3 is 5.32 Å². The molecule has 0 saturated carbocycles. The highest BCUT2D eigenvalue weighted by Crippen LogP contribution is 2.10. The molecule has 0 spiro atoms. The molecule has 0 aliphatic heterocycles. The first-order valence-corrected chi connectivity index (χ1v) is 7.86. The van der Waals surface area contributed by atoms with Gasteiger partial charge in [0.2, 0.25) is 0 Å². The summed E-state index contributed by atoms with van der Waals surface area (Å²) >= 11 is 0. The van der Waals surface area contributed by atoms with Crippen molar-refractivity contribution in [3.8, 4) is 0 Å². The molecule has 0 aliphatic carbocycles. The number of nitrogens with one attached hydrogen (secondary N) is 1. The summed E-state index contributed by atoms with van der Waals surface area (Å²) in [6.45, 7) is 7.44. The quantitative estimate of drug-likeness (QED) is 0.811. The molecule has 0 radical (unpaired) electrons. The third-order valence-electron chi connectivity index (χ3n) is 3.62. The van der Waals surface area contributed by atoms with E-state index in [1.54, 1.807) is 0 Å². The maximum Gasteiger partial charge on any atom is 0.0640 e. The van der Waals surface area contributed by atoms with E-state index < -0.39 is 0 Å². The molecule has 0 bridgehead atoms. The van der Waals surface area contributed by atoms with Crippen LogP contribution in [0.5, 0.6) is 0 Å². The van der Waals surface area contributed by atoms with Crippen LogP contribution in [-0.4, -0.2) is 27.4 Å². The average Bonchev–Trinajstić information content (AvgIpc) is 2.95. The van der Waals surface area contributed by atoms with E-state index in [1.807, 2.05) is 16.9 Å². The number of likely N-dealkylation sites (N-methyl/N-ethyl adjacent to an activating group) is 1. The summed E-state index contributed by atoms with van der Waals surface area (Å²) in [5.41, 5.74) is 2.32. The zero-order valence-corrected chi connectivity index (χ0v) is 13.3. The second-order valence-corrected chi connectivity index (χ2v) is 5.70. The SMILES string of the molecule is CCNC(CCc1ccccn1)Cc1ccn(C(C)C)n1. The van der Waals surface area contributed by atoms with Crippen molar-refractivity contribution in [1.82, 2.24) is 20.1 Å². The van der Waals surface area contributed by atoms with Gasteiger partial charge >= 0.3 is 0 Å². The minimum Gasteiger partial charge on any atom is -0.314 e. The van der Waals surface area contributed by atoms with Gasteiger partial charge in [-0.15, -0.1) is 0 Å². The lowest BCUT2D eigenvalue weighted by Crippen LogP contribution is -2.31. The fraction of sp³-hybridized carbons (Fsp3) is 0.529. The van der Waals surface area contributed by atoms with Crippen LogP contribution in [0.2, 0.25) is 0 Å². The number of hydrogen-bond donors (Lipinski definition) is 1. The fourth-order valence-corrected chi connectivity index (χ4v) is 2.46. The van der Waals surface area contributed by atoms with E-state index in [0.717, 1.165) is 37.2 Å². The first kappa shape index (κ1) is 15.7. The number of aromatic nitrogens is 3. The first-order valence-electron chi connectivity index (χ1n) is 7.86. The van der Waals surface area contributed by atoms with Gasteiger partial charge in [0.15, 0.2) is 0 Å². The van der Waals surface area contributed by atoms with Crippen LogP contribution in [-0.2, 0) is 12.8 Å². The van der Waals surface area contributed by atoms with Gasteiger partial charge in [0.1, 0.15) is 0 Å². The average molecular weight is 286 g/mol. The molecule has 0 aliphatic rings. The molecule has 2 heterocycles. The molecule has 4 heteroatoms. The molecule has 0 saturated heterocycles. The molecular formula is C17H26N4. The van der Waals surface area contributed by atoms with Gasteiger partial charge in [0.25, 0.3) is 0 Å². The van der Waals surface area contributed by atoms with Crippen molar-refractivity contribution in [1.29, 1.82) is 0 Å². The zero-order valence-electron chi connectivity index (χ0n) is 13.3. The predicted octanol–water partition coefficient (Wildman–Crippen LogP) is 3.01. The highest BCUT2D eigenvalue weighted by atomic mass is 15.3. The molecule has 2 aromatic rings. The molecule has 4 nitrogen and oxygen atoms in total. The highest BCUT2D eigenvalue weighted by molar-refractivity contribution is 5.05. The van der Waals surface area contributed by atoms with Gasteiger partial charge in [-0.1, -0.05) is 13.0 Å². The summed E-state index contributed by atoms with van der Waals surface area (Å²) in [5.74, 6) is 0. The van der Waals surface area contributed by atoms with Crippen LogP contribution < -0.4 is 5.32 Å². The maximum absolute atomic E-state index is 4.65. The van der Waals surface area contributed by atoms with Crippen molar-refractivity contribution in [2.75, 3.05) is 6.54 Å². The first-order chi connectivity index (χ1) is 10.2. The molecule has 1 atom stereocenters. The summed E-state index contributed by atoms with van der Waals surface area (Å²) in [5, 5.41) is 8.21. The largest absolute Gasteiger partial charge is 0.314 e. The third-order valence-corrected chi connectivity index (χ3v) is 3.62. The van der Waals surface area contributed by atoms with Crippen molar-refractivity contribution in [2.24, 2.45) is 0 Å². The summed E-state index contributed by atoms with van der Waals surface area (Å²) in [7, 11) is 0. The number of pyridine rings is 1. The van der Waals surface area contributed by atoms with Crippen molar-refractivity contribution < 1.29 is 0 Å². The van der Waals surface area contributed by atoms with Crippen molar-refractivity contribution in [2.45, 2.75) is 52.1 Å². The van der Waals surface area contributed by atoms with Gasteiger partial charge in [-0.05, 0) is 51.4 Å². The van der Waals surface area contributed by atoms with Gasteiger partial charge in [0.05, 0.1) is 5.69 Å². The van der Waals surface area contributed by atoms with Crippen LogP contribution in [0.15, 0.2) is 36.7 Å². The minimum absolute atomic E-state index is 0.421. The van der Waals surface area contributed by atoms with Gasteiger partial charge in [-0.25, -0.2) is 0 Å². The summed E-state index contributed by atoms with van der Waals surface area (Å²) < 4.78 is 2.02. The summed E-state index contributed by atoms with van der Waals surface area (Å²) in [4.78, 5) is 4.40. The second kappa shape index (κ2) is 7.93. The molecule has 0 aromatic carbocycles. The maximum atomic E-state index is 4.65. The molecule has 114 valence electrons. The monoisotopic (exact) mass is 286 g/mol. The van der Waals surface area contributed by atoms with Crippen LogP contribution in [0.4, 0.5) is 0 Å². The molecular weight excluding hydrogens is 260 g/mol. The Labute approximate surface area is 127 Å². The Bertz CT molecular complexity index is 519. The van der Waals surface area contributed by atoms with Gasteiger partial charge in [-0.2, -0.15) is 5.10 Å². The third kappa shape index (κ3) is 4.97. The van der Waals surface area contributed by atoms with E-state index in [2.05, 4.69) is 60.6 Å². The van der Waals surface area contributed by atoms with Gasteiger partial charge in [-0.3, -0.25) is 9.67 Å². The minimum atomic E-state index is 0.421. The van der Waals surface area contributed by atoms with Crippen LogP contribution in [0, 0.1) is 0 Å². The lowest BCUT2D eigenvalue weighted by molar-refractivity contribution is 0.473. The van der Waals surface area contributed by atoms with Crippen LogP contribution in [0.25, 0.3) is 0 Å². The Morgan fingerprint density at radius 3 is 2.67 bits per heavy atom. The summed E-state index contributed by atoms with van der Waals surface area (Å²) in [6.07, 6.45) is 6.99. The second-order valence-electron chi connectivity index (χ2n) is 5.70. The molecule has 2 aromatic heterocycles. The standard InChI is InChI=1S/C17H26N4/c1-4-18-16(9-8-15-7-5-6-11-19-15)13-17-10-12-21(20-17)14(2)3/h5-7,10-12,14,16,18H,4,8-9,13H2,1-3H3. The number of nitrogens with zero attached hydrogens (tertiary/aromatic N) is 3. The molecule has 0 fully saturated rings. The van der Waals surface area contributed by atoms with E-state index in [4.69, 9.17) is 0 Å². The van der Waals surface area contributed by atoms with Crippen molar-refractivity contribution in [3.63, 3.8) is 0 Å². The normalized spacial score (nSPS) is 12.8. The molecule has 1 unspecified atom stereocenters. The number of aryl methyl sites for hydroxylation is 1. The lowest BCUT2D eigenvalue weighted by atomic mass is 10.0. The van der Waals surface area contributed by atoms with Crippen LogP contribution in [0.1, 0.15) is 44.6 Å². The van der Waals surface area contributed by atoms with E-state index in [-0.39, 0.29) is 0 Å². The Morgan fingerprint density at radius 1 is 1.19 bits per heavy atom. The van der Waals surface area contributed by atoms with Gasteiger partial charge in [0, 0.05) is 36.6 Å². The lowest BCUT2D eigenvalue weighted by Gasteiger charge is -2.16. The molecule has 0 amide bonds. The zero-order chi connectivity index (χ0) is 15.1. The molecule has 1 N–H and O–H groups in total. The Morgan fingerprint density at radius 2 is 2.05 bits per heavy atom. The highest BCUT2D eigenvalue weighted by Gasteiger charge is 2.11. The molecule has 21 heavy (non-hydrogen) atoms. The van der Waals surface area contributed by atoms with Crippen molar-refractivity contribution in [3.05, 3.63) is 48.0 Å². The van der Waals surface area contributed by atoms with E-state index in [9.17, 15) is 0 Å². The van der Waals surface area contributed by atoms with E-state index >= 15 is 0 Å². The van der Waals surface area contributed by atoms with Crippen LogP contribution >= 0.6 is 0 Å². The Kier molecular flexibility index (Phi) is 5.93. The predicted molar refractivity (Wildman–Crippen MR) is 86.3 cm³/mol. The Hall–Kier alpha value is -1.68. The van der Waals surface area contributed by atoms with Crippen LogP contribution in [0.3, 0.4) is 0 Å². The molecule has 2 rings (SSSR count).